The summed E-state index contributed by atoms with van der Waals surface area (Å²) in [5, 5.41) is 0. The Morgan fingerprint density at radius 1 is 1.12 bits per heavy atom. The molecule has 1 aromatic heterocycles. The van der Waals surface area contributed by atoms with Crippen LogP contribution < -0.4 is 0 Å². The number of amides is 1. The zero-order chi connectivity index (χ0) is 19.6. The van der Waals surface area contributed by atoms with E-state index in [0.29, 0.717) is 23.5 Å². The van der Waals surface area contributed by atoms with Gasteiger partial charge in [0.2, 0.25) is 0 Å². The normalized spacial score (nSPS) is 11.4. The van der Waals surface area contributed by atoms with Gasteiger partial charge in [-0.25, -0.2) is 13.4 Å². The largest absolute Gasteiger partial charge is 0.343 e. The molecule has 0 unspecified atom stereocenters. The highest BCUT2D eigenvalue weighted by molar-refractivity contribution is 7.91. The molecule has 7 nitrogen and oxygen atoms in total. The van der Waals surface area contributed by atoms with Crippen molar-refractivity contribution in [3.05, 3.63) is 35.8 Å². The summed E-state index contributed by atoms with van der Waals surface area (Å²) in [6.07, 6.45) is 0. The minimum atomic E-state index is -3.31. The maximum atomic E-state index is 12.7. The topological polar surface area (TPSA) is 89.3 Å². The number of hydrogen-bond acceptors (Lipinski definition) is 5. The second kappa shape index (κ2) is 7.41. The molecule has 0 aliphatic carbocycles. The smallest absolute Gasteiger partial charge is 0.272 e. The van der Waals surface area contributed by atoms with Gasteiger partial charge in [-0.1, -0.05) is 19.1 Å². The van der Waals surface area contributed by atoms with E-state index in [2.05, 4.69) is 4.98 Å². The summed E-state index contributed by atoms with van der Waals surface area (Å²) in [5.41, 5.74) is 1.27. The SMILES string of the molecule is CCn1c(C(C)=O)nc(-c2ccc(S(=O)(=O)CC)cc2)c1C(=O)N(C)C. The van der Waals surface area contributed by atoms with Crippen molar-refractivity contribution in [3.8, 4) is 11.3 Å². The number of benzene rings is 1. The third kappa shape index (κ3) is 3.55. The van der Waals surface area contributed by atoms with Gasteiger partial charge in [0.1, 0.15) is 11.4 Å². The van der Waals surface area contributed by atoms with Crippen LogP contribution in [0.15, 0.2) is 29.2 Å². The molecule has 140 valence electrons. The molecule has 2 rings (SSSR count). The molecular weight excluding hydrogens is 354 g/mol. The second-order valence-corrected chi connectivity index (χ2v) is 8.34. The van der Waals surface area contributed by atoms with Gasteiger partial charge in [0.15, 0.2) is 21.4 Å². The molecule has 1 heterocycles. The lowest BCUT2D eigenvalue weighted by Gasteiger charge is -2.14. The van der Waals surface area contributed by atoms with Crippen LogP contribution in [0.3, 0.4) is 0 Å². The Bertz CT molecular complexity index is 942. The van der Waals surface area contributed by atoms with Crippen molar-refractivity contribution in [1.29, 1.82) is 0 Å². The second-order valence-electron chi connectivity index (χ2n) is 6.06. The third-order valence-electron chi connectivity index (χ3n) is 4.07. The monoisotopic (exact) mass is 377 g/mol. The van der Waals surface area contributed by atoms with Crippen molar-refractivity contribution in [1.82, 2.24) is 14.5 Å². The van der Waals surface area contributed by atoms with Crippen molar-refractivity contribution >= 4 is 21.5 Å². The lowest BCUT2D eigenvalue weighted by molar-refractivity contribution is 0.0817. The number of Topliss-reactive ketones (excluding diaryl/α,β-unsaturated/α-hetero) is 1. The molecule has 0 aliphatic heterocycles. The number of sulfone groups is 1. The number of imidazole rings is 1. The number of nitrogens with zero attached hydrogens (tertiary/aromatic N) is 3. The van der Waals surface area contributed by atoms with E-state index in [1.807, 2.05) is 6.92 Å². The van der Waals surface area contributed by atoms with Crippen LogP contribution in [0.4, 0.5) is 0 Å². The van der Waals surface area contributed by atoms with Crippen LogP contribution in [0.25, 0.3) is 11.3 Å². The lowest BCUT2D eigenvalue weighted by atomic mass is 10.1. The van der Waals surface area contributed by atoms with Crippen LogP contribution in [0.5, 0.6) is 0 Å². The Kier molecular flexibility index (Phi) is 5.65. The molecule has 0 saturated heterocycles. The van der Waals surface area contributed by atoms with Gasteiger partial charge in [0.25, 0.3) is 5.91 Å². The summed E-state index contributed by atoms with van der Waals surface area (Å²) >= 11 is 0. The highest BCUT2D eigenvalue weighted by atomic mass is 32.2. The predicted octanol–water partition coefficient (Wildman–Crippen LogP) is 2.27. The van der Waals surface area contributed by atoms with Crippen molar-refractivity contribution in [2.24, 2.45) is 0 Å². The predicted molar refractivity (Wildman–Crippen MR) is 99.1 cm³/mol. The number of carbonyl (C=O) groups is 2. The fraction of sp³-hybridized carbons (Fsp3) is 0.389. The van der Waals surface area contributed by atoms with E-state index < -0.39 is 9.84 Å². The van der Waals surface area contributed by atoms with E-state index in [4.69, 9.17) is 0 Å². The molecule has 0 N–H and O–H groups in total. The molecule has 1 aromatic carbocycles. The first-order chi connectivity index (χ1) is 12.1. The summed E-state index contributed by atoms with van der Waals surface area (Å²) in [7, 11) is -0.0561. The standard InChI is InChI=1S/C18H23N3O4S/c1-6-21-16(18(23)20(4)5)15(19-17(21)12(3)22)13-8-10-14(11-9-13)26(24,25)7-2/h8-11H,6-7H2,1-5H3. The Labute approximate surface area is 153 Å². The van der Waals surface area contributed by atoms with Gasteiger partial charge in [-0.05, 0) is 19.1 Å². The maximum Gasteiger partial charge on any atom is 0.272 e. The van der Waals surface area contributed by atoms with Crippen LogP contribution in [0.1, 0.15) is 41.9 Å². The van der Waals surface area contributed by atoms with Crippen LogP contribution in [0.2, 0.25) is 0 Å². The minimum Gasteiger partial charge on any atom is -0.343 e. The lowest BCUT2D eigenvalue weighted by Crippen LogP contribution is -2.26. The fourth-order valence-corrected chi connectivity index (χ4v) is 3.53. The summed E-state index contributed by atoms with van der Waals surface area (Å²) in [4.78, 5) is 30.7. The highest BCUT2D eigenvalue weighted by Crippen LogP contribution is 2.27. The van der Waals surface area contributed by atoms with E-state index >= 15 is 0 Å². The van der Waals surface area contributed by atoms with Gasteiger partial charge in [-0.3, -0.25) is 9.59 Å². The summed E-state index contributed by atoms with van der Waals surface area (Å²) in [5.74, 6) is -0.295. The van der Waals surface area contributed by atoms with Gasteiger partial charge < -0.3 is 9.47 Å². The summed E-state index contributed by atoms with van der Waals surface area (Å²) < 4.78 is 25.6. The first-order valence-corrected chi connectivity index (χ1v) is 9.95. The molecule has 0 saturated carbocycles. The van der Waals surface area contributed by atoms with E-state index in [-0.39, 0.29) is 28.2 Å². The number of aromatic nitrogens is 2. The van der Waals surface area contributed by atoms with Crippen molar-refractivity contribution in [2.75, 3.05) is 19.8 Å². The molecule has 0 radical (unpaired) electrons. The number of rotatable bonds is 6. The molecule has 0 spiro atoms. The Morgan fingerprint density at radius 2 is 1.69 bits per heavy atom. The molecule has 0 fully saturated rings. The van der Waals surface area contributed by atoms with Gasteiger partial charge in [0, 0.05) is 33.1 Å². The minimum absolute atomic E-state index is 0.00958. The number of ketones is 1. The molecule has 1 amide bonds. The maximum absolute atomic E-state index is 12.7. The number of carbonyl (C=O) groups excluding carboxylic acids is 2. The van der Waals surface area contributed by atoms with E-state index in [1.165, 1.54) is 24.0 Å². The molecule has 8 heteroatoms. The first kappa shape index (κ1) is 19.8. The Balaban J connectivity index is 2.69. The van der Waals surface area contributed by atoms with Gasteiger partial charge in [-0.2, -0.15) is 0 Å². The molecule has 2 aromatic rings. The molecule has 0 atom stereocenters. The average molecular weight is 377 g/mol. The van der Waals surface area contributed by atoms with Gasteiger partial charge in [-0.15, -0.1) is 0 Å². The Morgan fingerprint density at radius 3 is 2.12 bits per heavy atom. The molecule has 0 bridgehead atoms. The van der Waals surface area contributed by atoms with E-state index in [9.17, 15) is 18.0 Å². The third-order valence-corrected chi connectivity index (χ3v) is 5.82. The zero-order valence-corrected chi connectivity index (χ0v) is 16.4. The summed E-state index contributed by atoms with van der Waals surface area (Å²) in [6.45, 7) is 5.23. The van der Waals surface area contributed by atoms with Crippen LogP contribution in [0, 0.1) is 0 Å². The quantitative estimate of drug-likeness (QED) is 0.721. The zero-order valence-electron chi connectivity index (χ0n) is 15.6. The van der Waals surface area contributed by atoms with Crippen LogP contribution >= 0.6 is 0 Å². The van der Waals surface area contributed by atoms with Crippen molar-refractivity contribution in [3.63, 3.8) is 0 Å². The Hall–Kier alpha value is -2.48. The van der Waals surface area contributed by atoms with Crippen molar-refractivity contribution in [2.45, 2.75) is 32.2 Å². The van der Waals surface area contributed by atoms with Gasteiger partial charge >= 0.3 is 0 Å². The van der Waals surface area contributed by atoms with Crippen LogP contribution in [-0.2, 0) is 16.4 Å². The van der Waals surface area contributed by atoms with E-state index in [0.717, 1.165) is 0 Å². The molecule has 0 aliphatic rings. The number of hydrogen-bond donors (Lipinski definition) is 0. The average Bonchev–Trinajstić information content (AvgIpc) is 3.00. The molecular formula is C18H23N3O4S. The van der Waals surface area contributed by atoms with Crippen molar-refractivity contribution < 1.29 is 18.0 Å². The highest BCUT2D eigenvalue weighted by Gasteiger charge is 2.26. The van der Waals surface area contributed by atoms with Gasteiger partial charge in [0.05, 0.1) is 10.6 Å². The van der Waals surface area contributed by atoms with Crippen LogP contribution in [-0.4, -0.2) is 54.4 Å². The fourth-order valence-electron chi connectivity index (χ4n) is 2.65. The first-order valence-electron chi connectivity index (χ1n) is 8.30. The van der Waals surface area contributed by atoms with E-state index in [1.54, 1.807) is 37.7 Å². The summed E-state index contributed by atoms with van der Waals surface area (Å²) in [6, 6.07) is 6.22. The molecule has 26 heavy (non-hydrogen) atoms.